The summed E-state index contributed by atoms with van der Waals surface area (Å²) in [6, 6.07) is 1.16. The lowest BCUT2D eigenvalue weighted by molar-refractivity contribution is -0.384. The molecular weight excluding hydrogens is 270 g/mol. The van der Waals surface area contributed by atoms with Gasteiger partial charge >= 0.3 is 0 Å². The lowest BCUT2D eigenvalue weighted by Crippen LogP contribution is -2.40. The molecule has 2 N–H and O–H groups in total. The first kappa shape index (κ1) is 13.9. The van der Waals surface area contributed by atoms with E-state index in [0.717, 1.165) is 32.1 Å². The average Bonchev–Trinajstić information content (AvgIpc) is 2.78. The van der Waals surface area contributed by atoms with Crippen molar-refractivity contribution in [2.24, 2.45) is 0 Å². The van der Waals surface area contributed by atoms with Gasteiger partial charge in [-0.2, -0.15) is 0 Å². The number of nitrogens with zero attached hydrogens (tertiary/aromatic N) is 1. The minimum atomic E-state index is -0.538. The second-order valence-electron chi connectivity index (χ2n) is 4.76. The number of hydrogen-bond donors (Lipinski definition) is 2. The number of hydrogen-bond acceptors (Lipinski definition) is 3. The number of carbonyl (C=O) groups is 1. The van der Waals surface area contributed by atoms with Crippen molar-refractivity contribution in [1.82, 2.24) is 10.3 Å². The van der Waals surface area contributed by atoms with Gasteiger partial charge in [0.15, 0.2) is 0 Å². The quantitative estimate of drug-likeness (QED) is 0.387. The second-order valence-corrected chi connectivity index (χ2v) is 5.32. The number of halogens is 1. The topological polar surface area (TPSA) is 88.0 Å². The Hall–Kier alpha value is -1.56. The molecule has 1 saturated carbocycles. The molecule has 1 aliphatic carbocycles. The van der Waals surface area contributed by atoms with E-state index in [9.17, 15) is 14.9 Å². The zero-order chi connectivity index (χ0) is 13.8. The zero-order valence-electron chi connectivity index (χ0n) is 10.4. The van der Waals surface area contributed by atoms with Crippen molar-refractivity contribution < 1.29 is 9.72 Å². The first-order valence-corrected chi connectivity index (χ1v) is 6.79. The number of alkyl halides is 1. The van der Waals surface area contributed by atoms with Gasteiger partial charge in [0, 0.05) is 12.1 Å². The lowest BCUT2D eigenvalue weighted by Gasteiger charge is -2.20. The van der Waals surface area contributed by atoms with E-state index < -0.39 is 4.92 Å². The summed E-state index contributed by atoms with van der Waals surface area (Å²) in [6.07, 6.45) is 6.19. The van der Waals surface area contributed by atoms with Crippen LogP contribution in [0.5, 0.6) is 0 Å². The fraction of sp³-hybridized carbons (Fsp3) is 0.583. The highest BCUT2D eigenvalue weighted by Gasteiger charge is 2.24. The SMILES string of the molecule is O=C(NC1CCCCCC1Cl)c1cc([N+](=O)[O-])c[nH]1. The van der Waals surface area contributed by atoms with Crippen molar-refractivity contribution in [2.45, 2.75) is 43.5 Å². The maximum Gasteiger partial charge on any atom is 0.287 e. The van der Waals surface area contributed by atoms with Crippen LogP contribution in [0.15, 0.2) is 12.3 Å². The molecule has 0 saturated heterocycles. The summed E-state index contributed by atoms with van der Waals surface area (Å²) in [5.74, 6) is -0.342. The van der Waals surface area contributed by atoms with Gasteiger partial charge in [-0.25, -0.2) is 0 Å². The Morgan fingerprint density at radius 2 is 2.16 bits per heavy atom. The van der Waals surface area contributed by atoms with E-state index >= 15 is 0 Å². The zero-order valence-corrected chi connectivity index (χ0v) is 11.2. The number of carbonyl (C=O) groups excluding carboxylic acids is 1. The van der Waals surface area contributed by atoms with Crippen molar-refractivity contribution >= 4 is 23.2 Å². The summed E-state index contributed by atoms with van der Waals surface area (Å²) in [6.45, 7) is 0. The summed E-state index contributed by atoms with van der Waals surface area (Å²) in [7, 11) is 0. The molecule has 104 valence electrons. The van der Waals surface area contributed by atoms with Crippen LogP contribution >= 0.6 is 11.6 Å². The Morgan fingerprint density at radius 1 is 1.42 bits per heavy atom. The number of aromatic nitrogens is 1. The van der Waals surface area contributed by atoms with E-state index in [2.05, 4.69) is 10.3 Å². The van der Waals surface area contributed by atoms with Gasteiger partial charge in [-0.05, 0) is 12.8 Å². The molecular formula is C12H16ClN3O3. The van der Waals surface area contributed by atoms with Crippen LogP contribution in [0.2, 0.25) is 0 Å². The van der Waals surface area contributed by atoms with Gasteiger partial charge in [-0.3, -0.25) is 14.9 Å². The first-order valence-electron chi connectivity index (χ1n) is 6.35. The second kappa shape index (κ2) is 6.06. The van der Waals surface area contributed by atoms with E-state index in [1.165, 1.54) is 12.3 Å². The fourth-order valence-corrected chi connectivity index (χ4v) is 2.63. The normalized spacial score (nSPS) is 23.6. The predicted molar refractivity (Wildman–Crippen MR) is 71.4 cm³/mol. The standard InChI is InChI=1S/C12H16ClN3O3/c13-9-4-2-1-3-5-10(9)15-12(17)11-6-8(7-14-11)16(18)19/h6-7,9-10,14H,1-5H2,(H,15,17). The summed E-state index contributed by atoms with van der Waals surface area (Å²) >= 11 is 6.24. The molecule has 1 heterocycles. The number of aromatic amines is 1. The molecule has 1 amide bonds. The molecule has 0 spiro atoms. The average molecular weight is 286 g/mol. The molecule has 2 rings (SSSR count). The molecule has 7 heteroatoms. The van der Waals surface area contributed by atoms with Crippen LogP contribution in [0.3, 0.4) is 0 Å². The maximum atomic E-state index is 12.0. The van der Waals surface area contributed by atoms with Crippen LogP contribution in [-0.2, 0) is 0 Å². The third-order valence-electron chi connectivity index (χ3n) is 3.37. The number of amides is 1. The maximum absolute atomic E-state index is 12.0. The number of nitro groups is 1. The van der Waals surface area contributed by atoms with Crippen LogP contribution in [-0.4, -0.2) is 27.2 Å². The molecule has 1 aromatic heterocycles. The smallest absolute Gasteiger partial charge is 0.287 e. The van der Waals surface area contributed by atoms with Gasteiger partial charge in [-0.1, -0.05) is 19.3 Å². The highest BCUT2D eigenvalue weighted by molar-refractivity contribution is 6.21. The Morgan fingerprint density at radius 3 is 2.84 bits per heavy atom. The minimum absolute atomic E-state index is 0.0703. The molecule has 2 unspecified atom stereocenters. The van der Waals surface area contributed by atoms with Gasteiger partial charge in [0.25, 0.3) is 11.6 Å². The van der Waals surface area contributed by atoms with Crippen molar-refractivity contribution in [3.05, 3.63) is 28.1 Å². The van der Waals surface area contributed by atoms with Crippen LogP contribution in [0.1, 0.15) is 42.6 Å². The summed E-state index contributed by atoms with van der Waals surface area (Å²) in [5.41, 5.74) is 0.0771. The Bertz CT molecular complexity index is 475. The van der Waals surface area contributed by atoms with Crippen molar-refractivity contribution in [2.75, 3.05) is 0 Å². The van der Waals surface area contributed by atoms with Crippen LogP contribution in [0.4, 0.5) is 5.69 Å². The summed E-state index contributed by atoms with van der Waals surface area (Å²) < 4.78 is 0. The van der Waals surface area contributed by atoms with E-state index in [1.807, 2.05) is 0 Å². The highest BCUT2D eigenvalue weighted by Crippen LogP contribution is 2.22. The van der Waals surface area contributed by atoms with E-state index in [0.29, 0.717) is 0 Å². The molecule has 0 radical (unpaired) electrons. The molecule has 0 bridgehead atoms. The Balaban J connectivity index is 2.00. The summed E-state index contributed by atoms with van der Waals surface area (Å²) in [5, 5.41) is 13.3. The predicted octanol–water partition coefficient (Wildman–Crippen LogP) is 2.59. The molecule has 0 aromatic carbocycles. The largest absolute Gasteiger partial charge is 0.351 e. The van der Waals surface area contributed by atoms with Crippen LogP contribution < -0.4 is 5.32 Å². The summed E-state index contributed by atoms with van der Waals surface area (Å²) in [4.78, 5) is 24.6. The molecule has 1 aliphatic rings. The Kier molecular flexibility index (Phi) is 4.42. The highest BCUT2D eigenvalue weighted by atomic mass is 35.5. The van der Waals surface area contributed by atoms with Crippen molar-refractivity contribution in [3.8, 4) is 0 Å². The molecule has 19 heavy (non-hydrogen) atoms. The van der Waals surface area contributed by atoms with Gasteiger partial charge in [-0.15, -0.1) is 11.6 Å². The van der Waals surface area contributed by atoms with E-state index in [-0.39, 0.29) is 28.7 Å². The monoisotopic (exact) mass is 285 g/mol. The number of H-pyrrole nitrogens is 1. The van der Waals surface area contributed by atoms with Gasteiger partial charge in [0.1, 0.15) is 5.69 Å². The lowest BCUT2D eigenvalue weighted by atomic mass is 10.1. The third kappa shape index (κ3) is 3.47. The number of rotatable bonds is 3. The Labute approximate surface area is 115 Å². The molecule has 0 aliphatic heterocycles. The van der Waals surface area contributed by atoms with Gasteiger partial charge in [0.05, 0.1) is 16.5 Å². The molecule has 6 nitrogen and oxygen atoms in total. The van der Waals surface area contributed by atoms with Crippen LogP contribution in [0, 0.1) is 10.1 Å². The van der Waals surface area contributed by atoms with Gasteiger partial charge < -0.3 is 10.3 Å². The first-order chi connectivity index (χ1) is 9.08. The molecule has 1 fully saturated rings. The van der Waals surface area contributed by atoms with Crippen molar-refractivity contribution in [3.63, 3.8) is 0 Å². The van der Waals surface area contributed by atoms with Gasteiger partial charge in [0.2, 0.25) is 0 Å². The fourth-order valence-electron chi connectivity index (χ4n) is 2.29. The molecule has 2 atom stereocenters. The number of nitrogens with one attached hydrogen (secondary N) is 2. The van der Waals surface area contributed by atoms with Crippen LogP contribution in [0.25, 0.3) is 0 Å². The van der Waals surface area contributed by atoms with Crippen molar-refractivity contribution in [1.29, 1.82) is 0 Å². The minimum Gasteiger partial charge on any atom is -0.351 e. The third-order valence-corrected chi connectivity index (χ3v) is 3.89. The van der Waals surface area contributed by atoms with E-state index in [1.54, 1.807) is 0 Å². The van der Waals surface area contributed by atoms with E-state index in [4.69, 9.17) is 11.6 Å². The molecule has 1 aromatic rings.